The van der Waals surface area contributed by atoms with Crippen LogP contribution in [-0.4, -0.2) is 42.7 Å². The molecule has 1 fully saturated rings. The summed E-state index contributed by atoms with van der Waals surface area (Å²) in [5, 5.41) is 7.57. The number of H-pyrrole nitrogens is 1. The highest BCUT2D eigenvalue weighted by Crippen LogP contribution is 2.26. The molecule has 4 rings (SSSR count). The van der Waals surface area contributed by atoms with Crippen molar-refractivity contribution in [3.05, 3.63) is 54.4 Å². The minimum Gasteiger partial charge on any atom is -0.337 e. The van der Waals surface area contributed by atoms with Gasteiger partial charge < -0.3 is 4.57 Å². The van der Waals surface area contributed by atoms with Gasteiger partial charge in [-0.05, 0) is 19.4 Å². The summed E-state index contributed by atoms with van der Waals surface area (Å²) in [6.45, 7) is 3.07. The maximum Gasteiger partial charge on any atom is 0.181 e. The number of aromatic amines is 1. The molecule has 3 heterocycles. The molecule has 0 unspecified atom stereocenters. The van der Waals surface area contributed by atoms with Gasteiger partial charge in [-0.15, -0.1) is 0 Å². The standard InChI is InChI=1S/C18H22N6/c1-23-13-19-10-16(23)12-24-9-5-8-15(11-24)18-20-17(21-22-18)14-6-3-2-4-7-14/h2-4,6-7,10,13,15H,5,8-9,11-12H2,1H3,(H,20,21,22)/t15-/m1/s1. The molecular formula is C18H22N6. The molecule has 1 aliphatic heterocycles. The molecule has 6 heteroatoms. The number of piperidine rings is 1. The summed E-state index contributed by atoms with van der Waals surface area (Å²) < 4.78 is 2.09. The van der Waals surface area contributed by atoms with Crippen LogP contribution in [0.5, 0.6) is 0 Å². The molecule has 1 aliphatic rings. The first-order valence-corrected chi connectivity index (χ1v) is 8.45. The molecule has 1 saturated heterocycles. The van der Waals surface area contributed by atoms with E-state index in [4.69, 9.17) is 4.98 Å². The molecule has 0 radical (unpaired) electrons. The quantitative estimate of drug-likeness (QED) is 0.802. The van der Waals surface area contributed by atoms with E-state index >= 15 is 0 Å². The topological polar surface area (TPSA) is 62.6 Å². The van der Waals surface area contributed by atoms with Gasteiger partial charge in [0, 0.05) is 37.8 Å². The van der Waals surface area contributed by atoms with Crippen molar-refractivity contribution < 1.29 is 0 Å². The van der Waals surface area contributed by atoms with Gasteiger partial charge >= 0.3 is 0 Å². The summed E-state index contributed by atoms with van der Waals surface area (Å²) in [6, 6.07) is 10.1. The van der Waals surface area contributed by atoms with Crippen molar-refractivity contribution in [3.8, 4) is 11.4 Å². The second kappa shape index (κ2) is 6.57. The number of nitrogens with one attached hydrogen (secondary N) is 1. The summed E-state index contributed by atoms with van der Waals surface area (Å²) in [5.74, 6) is 2.20. The summed E-state index contributed by atoms with van der Waals surface area (Å²) in [6.07, 6.45) is 6.15. The summed E-state index contributed by atoms with van der Waals surface area (Å²) in [4.78, 5) is 11.4. The lowest BCUT2D eigenvalue weighted by atomic mass is 9.97. The number of imidazole rings is 1. The molecule has 0 bridgehead atoms. The molecule has 1 aromatic carbocycles. The number of rotatable bonds is 4. The molecule has 3 aromatic rings. The second-order valence-corrected chi connectivity index (χ2v) is 6.48. The second-order valence-electron chi connectivity index (χ2n) is 6.48. The van der Waals surface area contributed by atoms with Crippen LogP contribution in [0, 0.1) is 0 Å². The van der Waals surface area contributed by atoms with Gasteiger partial charge in [-0.3, -0.25) is 10.00 Å². The van der Waals surface area contributed by atoms with Crippen molar-refractivity contribution in [1.82, 2.24) is 29.6 Å². The Balaban J connectivity index is 1.46. The maximum atomic E-state index is 4.74. The van der Waals surface area contributed by atoms with E-state index in [1.807, 2.05) is 49.9 Å². The van der Waals surface area contributed by atoms with Crippen LogP contribution in [-0.2, 0) is 13.6 Å². The van der Waals surface area contributed by atoms with Crippen molar-refractivity contribution in [3.63, 3.8) is 0 Å². The number of benzene rings is 1. The zero-order chi connectivity index (χ0) is 16.4. The third kappa shape index (κ3) is 3.10. The number of nitrogens with zero attached hydrogens (tertiary/aromatic N) is 5. The molecule has 2 aromatic heterocycles. The molecule has 124 valence electrons. The van der Waals surface area contributed by atoms with Crippen molar-refractivity contribution in [2.75, 3.05) is 13.1 Å². The van der Waals surface area contributed by atoms with Crippen LogP contribution in [0.25, 0.3) is 11.4 Å². The Kier molecular flexibility index (Phi) is 4.13. The highest BCUT2D eigenvalue weighted by atomic mass is 15.2. The molecule has 1 atom stereocenters. The van der Waals surface area contributed by atoms with Crippen molar-refractivity contribution in [2.45, 2.75) is 25.3 Å². The molecule has 0 aliphatic carbocycles. The van der Waals surface area contributed by atoms with E-state index in [1.165, 1.54) is 12.1 Å². The number of hydrogen-bond donors (Lipinski definition) is 1. The Hall–Kier alpha value is -2.47. The minimum absolute atomic E-state index is 0.414. The Labute approximate surface area is 141 Å². The van der Waals surface area contributed by atoms with Crippen molar-refractivity contribution in [1.29, 1.82) is 0 Å². The Bertz CT molecular complexity index is 791. The third-order valence-electron chi connectivity index (χ3n) is 4.73. The Morgan fingerprint density at radius 1 is 1.25 bits per heavy atom. The fraction of sp³-hybridized carbons (Fsp3) is 0.389. The van der Waals surface area contributed by atoms with Crippen LogP contribution in [0.4, 0.5) is 0 Å². The SMILES string of the molecule is Cn1cncc1CN1CCC[C@@H](c2nc(-c3ccccc3)n[nH]2)C1. The maximum absolute atomic E-state index is 4.74. The van der Waals surface area contributed by atoms with Gasteiger partial charge in [0.05, 0.1) is 12.0 Å². The Morgan fingerprint density at radius 3 is 2.92 bits per heavy atom. The zero-order valence-electron chi connectivity index (χ0n) is 13.9. The summed E-state index contributed by atoms with van der Waals surface area (Å²) >= 11 is 0. The summed E-state index contributed by atoms with van der Waals surface area (Å²) in [7, 11) is 2.05. The molecule has 6 nitrogen and oxygen atoms in total. The van der Waals surface area contributed by atoms with Gasteiger partial charge in [0.1, 0.15) is 5.82 Å². The lowest BCUT2D eigenvalue weighted by Crippen LogP contribution is -2.34. The molecule has 1 N–H and O–H groups in total. The van der Waals surface area contributed by atoms with Gasteiger partial charge in [-0.1, -0.05) is 30.3 Å². The Morgan fingerprint density at radius 2 is 2.12 bits per heavy atom. The fourth-order valence-electron chi connectivity index (χ4n) is 3.36. The van der Waals surface area contributed by atoms with E-state index in [2.05, 4.69) is 24.6 Å². The zero-order valence-corrected chi connectivity index (χ0v) is 13.9. The average Bonchev–Trinajstić information content (AvgIpc) is 3.26. The molecule has 24 heavy (non-hydrogen) atoms. The van der Waals surface area contributed by atoms with Gasteiger partial charge in [-0.25, -0.2) is 9.97 Å². The van der Waals surface area contributed by atoms with Crippen LogP contribution >= 0.6 is 0 Å². The molecule has 0 amide bonds. The van der Waals surface area contributed by atoms with Gasteiger partial charge in [0.15, 0.2) is 5.82 Å². The highest BCUT2D eigenvalue weighted by molar-refractivity contribution is 5.53. The van der Waals surface area contributed by atoms with E-state index in [0.29, 0.717) is 5.92 Å². The number of aryl methyl sites for hydroxylation is 1. The monoisotopic (exact) mass is 322 g/mol. The highest BCUT2D eigenvalue weighted by Gasteiger charge is 2.24. The molecule has 0 spiro atoms. The van der Waals surface area contributed by atoms with E-state index < -0.39 is 0 Å². The predicted octanol–water partition coefficient (Wildman–Crippen LogP) is 2.58. The van der Waals surface area contributed by atoms with Crippen molar-refractivity contribution >= 4 is 0 Å². The van der Waals surface area contributed by atoms with E-state index in [1.54, 1.807) is 0 Å². The summed E-state index contributed by atoms with van der Waals surface area (Å²) in [5.41, 5.74) is 2.31. The predicted molar refractivity (Wildman–Crippen MR) is 92.3 cm³/mol. The fourth-order valence-corrected chi connectivity index (χ4v) is 3.36. The van der Waals surface area contributed by atoms with Crippen LogP contribution in [0.15, 0.2) is 42.9 Å². The smallest absolute Gasteiger partial charge is 0.181 e. The average molecular weight is 322 g/mol. The molecular weight excluding hydrogens is 300 g/mol. The third-order valence-corrected chi connectivity index (χ3v) is 4.73. The van der Waals surface area contributed by atoms with Crippen molar-refractivity contribution in [2.24, 2.45) is 7.05 Å². The van der Waals surface area contributed by atoms with Gasteiger partial charge in [-0.2, -0.15) is 5.10 Å². The largest absolute Gasteiger partial charge is 0.337 e. The first-order valence-electron chi connectivity index (χ1n) is 8.45. The van der Waals surface area contributed by atoms with E-state index in [9.17, 15) is 0 Å². The van der Waals surface area contributed by atoms with Crippen LogP contribution in [0.3, 0.4) is 0 Å². The minimum atomic E-state index is 0.414. The number of aromatic nitrogens is 5. The first-order chi connectivity index (χ1) is 11.8. The normalized spacial score (nSPS) is 18.8. The first kappa shape index (κ1) is 15.1. The van der Waals surface area contributed by atoms with Crippen LogP contribution in [0.1, 0.15) is 30.3 Å². The van der Waals surface area contributed by atoms with E-state index in [0.717, 1.165) is 43.3 Å². The van der Waals surface area contributed by atoms with E-state index in [-0.39, 0.29) is 0 Å². The number of hydrogen-bond acceptors (Lipinski definition) is 4. The molecule has 0 saturated carbocycles. The lowest BCUT2D eigenvalue weighted by Gasteiger charge is -2.31. The van der Waals surface area contributed by atoms with Gasteiger partial charge in [0.25, 0.3) is 0 Å². The van der Waals surface area contributed by atoms with Gasteiger partial charge in [0.2, 0.25) is 0 Å². The van der Waals surface area contributed by atoms with Crippen LogP contribution in [0.2, 0.25) is 0 Å². The number of likely N-dealkylation sites (tertiary alicyclic amines) is 1. The lowest BCUT2D eigenvalue weighted by molar-refractivity contribution is 0.193. The van der Waals surface area contributed by atoms with Crippen LogP contribution < -0.4 is 0 Å².